The average molecular weight is 405 g/mol. The molecule has 0 bridgehead atoms. The highest BCUT2D eigenvalue weighted by molar-refractivity contribution is 7.92. The summed E-state index contributed by atoms with van der Waals surface area (Å²) in [5.74, 6) is 0.379. The fraction of sp³-hybridized carbons (Fsp3) is 0.381. The minimum absolute atomic E-state index is 0.271. The topological polar surface area (TPSA) is 75.7 Å². The molecule has 6 nitrogen and oxygen atoms in total. The number of nitrogens with one attached hydrogen (secondary N) is 1. The average Bonchev–Trinajstić information content (AvgIpc) is 2.60. The summed E-state index contributed by atoms with van der Waals surface area (Å²) >= 11 is 0. The summed E-state index contributed by atoms with van der Waals surface area (Å²) < 4.78 is 31.5. The Hall–Kier alpha value is -2.54. The predicted molar refractivity (Wildman–Crippen MR) is 112 cm³/mol. The molecule has 152 valence electrons. The van der Waals surface area contributed by atoms with Crippen LogP contribution >= 0.6 is 0 Å². The molecule has 0 saturated carbocycles. The lowest BCUT2D eigenvalue weighted by Crippen LogP contribution is -2.45. The van der Waals surface area contributed by atoms with E-state index in [2.05, 4.69) is 5.32 Å². The van der Waals surface area contributed by atoms with E-state index in [1.807, 2.05) is 64.1 Å². The lowest BCUT2D eigenvalue weighted by atomic mass is 10.1. The highest BCUT2D eigenvalue weighted by atomic mass is 32.2. The molecule has 0 heterocycles. The van der Waals surface area contributed by atoms with Crippen LogP contribution in [-0.4, -0.2) is 39.8 Å². The molecule has 7 heteroatoms. The van der Waals surface area contributed by atoms with Crippen molar-refractivity contribution in [3.05, 3.63) is 59.2 Å². The first-order valence-corrected chi connectivity index (χ1v) is 11.0. The molecule has 1 unspecified atom stereocenters. The van der Waals surface area contributed by atoms with Crippen molar-refractivity contribution in [2.45, 2.75) is 33.7 Å². The van der Waals surface area contributed by atoms with Crippen LogP contribution in [0.1, 0.15) is 23.6 Å². The van der Waals surface area contributed by atoms with Crippen LogP contribution in [0.5, 0.6) is 5.75 Å². The van der Waals surface area contributed by atoms with E-state index in [4.69, 9.17) is 4.74 Å². The van der Waals surface area contributed by atoms with Crippen LogP contribution in [0, 0.1) is 20.8 Å². The number of nitrogens with zero attached hydrogens (tertiary/aromatic N) is 1. The number of hydrogen-bond acceptors (Lipinski definition) is 4. The zero-order valence-electron chi connectivity index (χ0n) is 17.0. The minimum Gasteiger partial charge on any atom is -0.491 e. The summed E-state index contributed by atoms with van der Waals surface area (Å²) in [6, 6.07) is 12.9. The second-order valence-electron chi connectivity index (χ2n) is 7.10. The van der Waals surface area contributed by atoms with E-state index in [0.29, 0.717) is 12.3 Å². The molecule has 0 aromatic heterocycles. The molecule has 0 saturated heterocycles. The summed E-state index contributed by atoms with van der Waals surface area (Å²) in [5.41, 5.74) is 3.25. The summed E-state index contributed by atoms with van der Waals surface area (Å²) in [5, 5.41) is 2.81. The maximum absolute atomic E-state index is 12.5. The number of amides is 1. The summed E-state index contributed by atoms with van der Waals surface area (Å²) in [6.45, 7) is 7.49. The Morgan fingerprint density at radius 2 is 1.79 bits per heavy atom. The van der Waals surface area contributed by atoms with E-state index in [1.165, 1.54) is 0 Å². The Morgan fingerprint density at radius 3 is 2.43 bits per heavy atom. The summed E-state index contributed by atoms with van der Waals surface area (Å²) in [6.07, 6.45) is 1.10. The van der Waals surface area contributed by atoms with Gasteiger partial charge in [0.2, 0.25) is 15.9 Å². The fourth-order valence-corrected chi connectivity index (χ4v) is 3.70. The molecule has 0 aliphatic rings. The number of aryl methyl sites for hydroxylation is 3. The number of hydrogen-bond donors (Lipinski definition) is 1. The van der Waals surface area contributed by atoms with E-state index in [-0.39, 0.29) is 18.5 Å². The Balaban J connectivity index is 2.04. The van der Waals surface area contributed by atoms with Crippen LogP contribution in [0.3, 0.4) is 0 Å². The van der Waals surface area contributed by atoms with Crippen LogP contribution in [0.15, 0.2) is 42.5 Å². The highest BCUT2D eigenvalue weighted by Gasteiger charge is 2.23. The molecule has 0 spiro atoms. The molecule has 28 heavy (non-hydrogen) atoms. The highest BCUT2D eigenvalue weighted by Crippen LogP contribution is 2.23. The quantitative estimate of drug-likeness (QED) is 0.734. The van der Waals surface area contributed by atoms with Gasteiger partial charge in [-0.2, -0.15) is 0 Å². The molecule has 0 radical (unpaired) electrons. The zero-order valence-corrected chi connectivity index (χ0v) is 17.8. The largest absolute Gasteiger partial charge is 0.491 e. The summed E-state index contributed by atoms with van der Waals surface area (Å²) in [4.78, 5) is 12.5. The Kier molecular flexibility index (Phi) is 7.07. The van der Waals surface area contributed by atoms with Crippen molar-refractivity contribution in [1.29, 1.82) is 0 Å². The third-order valence-corrected chi connectivity index (χ3v) is 5.44. The molecular weight excluding hydrogens is 376 g/mol. The predicted octanol–water partition coefficient (Wildman–Crippen LogP) is 2.96. The zero-order chi connectivity index (χ0) is 20.9. The van der Waals surface area contributed by atoms with Crippen LogP contribution in [0.25, 0.3) is 0 Å². The SMILES string of the molecule is Cc1ccc(C)c(N(CC(=O)NC(C)COc2ccccc2C)S(C)(=O)=O)c1. The first-order chi connectivity index (χ1) is 13.1. The lowest BCUT2D eigenvalue weighted by Gasteiger charge is -2.25. The minimum atomic E-state index is -3.61. The van der Waals surface area contributed by atoms with E-state index in [9.17, 15) is 13.2 Å². The van der Waals surface area contributed by atoms with Gasteiger partial charge in [-0.1, -0.05) is 30.3 Å². The number of carbonyl (C=O) groups excluding carboxylic acids is 1. The first-order valence-electron chi connectivity index (χ1n) is 9.10. The number of anilines is 1. The first kappa shape index (κ1) is 21.8. The number of benzene rings is 2. The van der Waals surface area contributed by atoms with Gasteiger partial charge >= 0.3 is 0 Å². The Labute approximate surface area is 167 Å². The molecular formula is C21H28N2O4S. The fourth-order valence-electron chi connectivity index (χ4n) is 2.79. The smallest absolute Gasteiger partial charge is 0.241 e. The van der Waals surface area contributed by atoms with E-state index in [1.54, 1.807) is 6.07 Å². The van der Waals surface area contributed by atoms with Gasteiger partial charge in [0.25, 0.3) is 0 Å². The maximum atomic E-state index is 12.5. The van der Waals surface area contributed by atoms with Gasteiger partial charge in [-0.25, -0.2) is 8.42 Å². The standard InChI is InChI=1S/C21H28N2O4S/c1-15-10-11-16(2)19(12-15)23(28(5,25)26)13-21(24)22-18(4)14-27-20-9-7-6-8-17(20)3/h6-12,18H,13-14H2,1-5H3,(H,22,24). The van der Waals surface area contributed by atoms with Gasteiger partial charge in [0.05, 0.1) is 18.0 Å². The van der Waals surface area contributed by atoms with Crippen molar-refractivity contribution in [2.24, 2.45) is 0 Å². The molecule has 1 atom stereocenters. The molecule has 1 amide bonds. The molecule has 0 aliphatic carbocycles. The third-order valence-electron chi connectivity index (χ3n) is 4.31. The number of rotatable bonds is 8. The molecule has 2 aromatic rings. The molecule has 0 fully saturated rings. The third kappa shape index (κ3) is 5.99. The van der Waals surface area contributed by atoms with Crippen molar-refractivity contribution in [2.75, 3.05) is 23.7 Å². The van der Waals surface area contributed by atoms with E-state index < -0.39 is 10.0 Å². The van der Waals surface area contributed by atoms with Crippen LogP contribution in [0.2, 0.25) is 0 Å². The van der Waals surface area contributed by atoms with E-state index in [0.717, 1.165) is 33.0 Å². The maximum Gasteiger partial charge on any atom is 0.241 e. The van der Waals surface area contributed by atoms with Gasteiger partial charge in [-0.05, 0) is 56.5 Å². The van der Waals surface area contributed by atoms with Gasteiger partial charge in [0, 0.05) is 0 Å². The van der Waals surface area contributed by atoms with Crippen LogP contribution in [-0.2, 0) is 14.8 Å². The molecule has 2 rings (SSSR count). The summed E-state index contributed by atoms with van der Waals surface area (Å²) in [7, 11) is -3.61. The van der Waals surface area contributed by atoms with Crippen molar-refractivity contribution in [3.63, 3.8) is 0 Å². The normalized spacial score (nSPS) is 12.3. The number of carbonyl (C=O) groups is 1. The van der Waals surface area contributed by atoms with Crippen molar-refractivity contribution < 1.29 is 17.9 Å². The number of ether oxygens (including phenoxy) is 1. The number of para-hydroxylation sites is 1. The van der Waals surface area contributed by atoms with Gasteiger partial charge in [0.15, 0.2) is 0 Å². The number of sulfonamides is 1. The second-order valence-corrected chi connectivity index (χ2v) is 9.01. The van der Waals surface area contributed by atoms with Gasteiger partial charge < -0.3 is 10.1 Å². The lowest BCUT2D eigenvalue weighted by molar-refractivity contribution is -0.120. The molecule has 0 aliphatic heterocycles. The molecule has 2 aromatic carbocycles. The monoisotopic (exact) mass is 404 g/mol. The van der Waals surface area contributed by atoms with Gasteiger partial charge in [0.1, 0.15) is 18.9 Å². The van der Waals surface area contributed by atoms with E-state index >= 15 is 0 Å². The van der Waals surface area contributed by atoms with Gasteiger partial charge in [-0.15, -0.1) is 0 Å². The second kappa shape index (κ2) is 9.10. The van der Waals surface area contributed by atoms with Crippen molar-refractivity contribution in [1.82, 2.24) is 5.32 Å². The molecule has 1 N–H and O–H groups in total. The van der Waals surface area contributed by atoms with Crippen molar-refractivity contribution >= 4 is 21.6 Å². The Bertz CT molecular complexity index is 941. The van der Waals surface area contributed by atoms with Crippen LogP contribution < -0.4 is 14.4 Å². The van der Waals surface area contributed by atoms with Gasteiger partial charge in [-0.3, -0.25) is 9.10 Å². The van der Waals surface area contributed by atoms with Crippen LogP contribution in [0.4, 0.5) is 5.69 Å². The van der Waals surface area contributed by atoms with Crippen molar-refractivity contribution in [3.8, 4) is 5.75 Å². The Morgan fingerprint density at radius 1 is 1.11 bits per heavy atom.